The summed E-state index contributed by atoms with van der Waals surface area (Å²) in [6.07, 6.45) is 6.75. The van der Waals surface area contributed by atoms with Gasteiger partial charge in [0.2, 0.25) is 0 Å². The van der Waals surface area contributed by atoms with Gasteiger partial charge in [0.15, 0.2) is 0 Å². The molecule has 1 aliphatic rings. The predicted molar refractivity (Wildman–Crippen MR) is 94.6 cm³/mol. The highest BCUT2D eigenvalue weighted by atomic mass is 16.5. The van der Waals surface area contributed by atoms with E-state index >= 15 is 0 Å². The monoisotopic (exact) mass is 294 g/mol. The van der Waals surface area contributed by atoms with Crippen LogP contribution in [0.15, 0.2) is 61.2 Å². The van der Waals surface area contributed by atoms with Crippen LogP contribution in [0, 0.1) is 5.92 Å². The zero-order valence-electron chi connectivity index (χ0n) is 13.7. The van der Waals surface area contributed by atoms with E-state index in [4.69, 9.17) is 4.74 Å². The Bertz CT molecular complexity index is 586. The highest BCUT2D eigenvalue weighted by molar-refractivity contribution is 5.39. The van der Waals surface area contributed by atoms with E-state index in [1.807, 2.05) is 50.3 Å². The van der Waals surface area contributed by atoms with Crippen LogP contribution < -0.4 is 4.74 Å². The van der Waals surface area contributed by atoms with Gasteiger partial charge >= 0.3 is 0 Å². The van der Waals surface area contributed by atoms with Crippen LogP contribution in [0.4, 0.5) is 0 Å². The van der Waals surface area contributed by atoms with Gasteiger partial charge in [-0.1, -0.05) is 44.2 Å². The molecule has 1 unspecified atom stereocenters. The van der Waals surface area contributed by atoms with Gasteiger partial charge in [-0.15, -0.1) is 6.58 Å². The molecule has 0 saturated carbocycles. The van der Waals surface area contributed by atoms with Crippen molar-refractivity contribution in [3.63, 3.8) is 0 Å². The lowest BCUT2D eigenvalue weighted by atomic mass is 9.82. The van der Waals surface area contributed by atoms with Crippen molar-refractivity contribution < 1.29 is 4.74 Å². The number of para-hydroxylation sites is 1. The van der Waals surface area contributed by atoms with Crippen LogP contribution in [-0.4, -0.2) is 0 Å². The fourth-order valence-electron chi connectivity index (χ4n) is 2.93. The summed E-state index contributed by atoms with van der Waals surface area (Å²) < 4.78 is 5.90. The molecule has 116 valence electrons. The number of hydrogen-bond acceptors (Lipinski definition) is 1. The van der Waals surface area contributed by atoms with E-state index in [0.29, 0.717) is 0 Å². The first-order valence-corrected chi connectivity index (χ1v) is 8.31. The summed E-state index contributed by atoms with van der Waals surface area (Å²) >= 11 is 0. The number of fused-ring (bicyclic) bond motifs is 1. The molecule has 3 rings (SSSR count). The summed E-state index contributed by atoms with van der Waals surface area (Å²) in [5, 5.41) is 0. The molecule has 2 aromatic carbocycles. The van der Waals surface area contributed by atoms with E-state index in [1.165, 1.54) is 24.0 Å². The summed E-state index contributed by atoms with van der Waals surface area (Å²) in [6.45, 7) is 7.85. The standard InChI is InChI=1S/C19H20O.C2H6/c1-2-6-15-9-10-17-14-19(12-11-16(17)13-15)20-18-7-4-3-5-8-18;1-2/h2-5,7-8,11-12,14-15H,1,6,9-10,13H2;1-2H3. The molecular weight excluding hydrogens is 268 g/mol. The summed E-state index contributed by atoms with van der Waals surface area (Å²) in [5.41, 5.74) is 2.92. The van der Waals surface area contributed by atoms with Crippen molar-refractivity contribution >= 4 is 0 Å². The van der Waals surface area contributed by atoms with Gasteiger partial charge in [-0.05, 0) is 67.0 Å². The van der Waals surface area contributed by atoms with Crippen LogP contribution in [0.5, 0.6) is 11.5 Å². The fraction of sp³-hybridized carbons (Fsp3) is 0.333. The molecule has 0 aliphatic heterocycles. The zero-order valence-corrected chi connectivity index (χ0v) is 13.7. The molecule has 0 N–H and O–H groups in total. The van der Waals surface area contributed by atoms with Crippen LogP contribution >= 0.6 is 0 Å². The minimum atomic E-state index is 0.765. The second kappa shape index (κ2) is 8.43. The SMILES string of the molecule is C=CCC1CCc2cc(Oc3ccccc3)ccc2C1.CC. The Morgan fingerprint density at radius 2 is 1.82 bits per heavy atom. The van der Waals surface area contributed by atoms with Gasteiger partial charge < -0.3 is 4.74 Å². The molecule has 0 spiro atoms. The minimum Gasteiger partial charge on any atom is -0.457 e. The largest absolute Gasteiger partial charge is 0.457 e. The first-order valence-electron chi connectivity index (χ1n) is 8.31. The molecule has 2 aromatic rings. The second-order valence-corrected chi connectivity index (χ2v) is 5.48. The third kappa shape index (κ3) is 4.24. The Hall–Kier alpha value is -2.02. The Morgan fingerprint density at radius 3 is 2.55 bits per heavy atom. The summed E-state index contributed by atoms with van der Waals surface area (Å²) in [5.74, 6) is 2.60. The highest BCUT2D eigenvalue weighted by Crippen LogP contribution is 2.31. The van der Waals surface area contributed by atoms with E-state index in [1.54, 1.807) is 0 Å². The average Bonchev–Trinajstić information content (AvgIpc) is 2.58. The van der Waals surface area contributed by atoms with Gasteiger partial charge in [0.25, 0.3) is 0 Å². The van der Waals surface area contributed by atoms with Crippen molar-refractivity contribution in [2.75, 3.05) is 0 Å². The Kier molecular flexibility index (Phi) is 6.27. The van der Waals surface area contributed by atoms with Crippen molar-refractivity contribution in [3.05, 3.63) is 72.3 Å². The van der Waals surface area contributed by atoms with Gasteiger partial charge in [-0.25, -0.2) is 0 Å². The summed E-state index contributed by atoms with van der Waals surface area (Å²) in [7, 11) is 0. The number of aryl methyl sites for hydroxylation is 1. The number of hydrogen-bond donors (Lipinski definition) is 0. The lowest BCUT2D eigenvalue weighted by Gasteiger charge is -2.24. The van der Waals surface area contributed by atoms with Gasteiger partial charge in [0.05, 0.1) is 0 Å². The first kappa shape index (κ1) is 16.4. The Morgan fingerprint density at radius 1 is 1.05 bits per heavy atom. The fourth-order valence-corrected chi connectivity index (χ4v) is 2.93. The van der Waals surface area contributed by atoms with Crippen LogP contribution in [0.25, 0.3) is 0 Å². The van der Waals surface area contributed by atoms with E-state index in [0.717, 1.165) is 30.3 Å². The van der Waals surface area contributed by atoms with Crippen molar-refractivity contribution in [2.45, 2.75) is 39.5 Å². The maximum absolute atomic E-state index is 5.90. The van der Waals surface area contributed by atoms with E-state index < -0.39 is 0 Å². The summed E-state index contributed by atoms with van der Waals surface area (Å²) in [6, 6.07) is 16.5. The normalized spacial score (nSPS) is 16.0. The molecule has 1 heteroatoms. The maximum atomic E-state index is 5.90. The third-order valence-electron chi connectivity index (χ3n) is 3.99. The smallest absolute Gasteiger partial charge is 0.127 e. The van der Waals surface area contributed by atoms with E-state index in [-0.39, 0.29) is 0 Å². The molecule has 1 atom stereocenters. The van der Waals surface area contributed by atoms with Crippen molar-refractivity contribution in [1.82, 2.24) is 0 Å². The minimum absolute atomic E-state index is 0.765. The van der Waals surface area contributed by atoms with Gasteiger partial charge in [-0.3, -0.25) is 0 Å². The lowest BCUT2D eigenvalue weighted by molar-refractivity contribution is 0.456. The number of rotatable bonds is 4. The molecule has 22 heavy (non-hydrogen) atoms. The molecule has 0 amide bonds. The molecule has 0 bridgehead atoms. The third-order valence-corrected chi connectivity index (χ3v) is 3.99. The van der Waals surface area contributed by atoms with Crippen LogP contribution in [0.2, 0.25) is 0 Å². The highest BCUT2D eigenvalue weighted by Gasteiger charge is 2.18. The molecule has 1 nitrogen and oxygen atoms in total. The molecule has 0 radical (unpaired) electrons. The van der Waals surface area contributed by atoms with E-state index in [9.17, 15) is 0 Å². The molecule has 1 aliphatic carbocycles. The van der Waals surface area contributed by atoms with Gasteiger partial charge in [0, 0.05) is 0 Å². The number of allylic oxidation sites excluding steroid dienone is 1. The Balaban J connectivity index is 0.000000847. The first-order chi connectivity index (χ1) is 10.8. The molecular formula is C21H26O. The van der Waals surface area contributed by atoms with Crippen LogP contribution in [0.3, 0.4) is 0 Å². The maximum Gasteiger partial charge on any atom is 0.127 e. The number of benzene rings is 2. The molecule has 0 heterocycles. The topological polar surface area (TPSA) is 9.23 Å². The second-order valence-electron chi connectivity index (χ2n) is 5.48. The van der Waals surface area contributed by atoms with Crippen molar-refractivity contribution in [3.8, 4) is 11.5 Å². The Labute approximate surface area is 134 Å². The van der Waals surface area contributed by atoms with Crippen molar-refractivity contribution in [1.29, 1.82) is 0 Å². The van der Waals surface area contributed by atoms with Crippen molar-refractivity contribution in [2.24, 2.45) is 5.92 Å². The molecule has 0 aromatic heterocycles. The van der Waals surface area contributed by atoms with Gasteiger partial charge in [-0.2, -0.15) is 0 Å². The zero-order chi connectivity index (χ0) is 15.8. The molecule has 0 fully saturated rings. The predicted octanol–water partition coefficient (Wildman–Crippen LogP) is 6.19. The number of ether oxygens (including phenoxy) is 1. The lowest BCUT2D eigenvalue weighted by Crippen LogP contribution is -2.13. The average molecular weight is 294 g/mol. The van der Waals surface area contributed by atoms with Crippen LogP contribution in [0.1, 0.15) is 37.8 Å². The quantitative estimate of drug-likeness (QED) is 0.611. The van der Waals surface area contributed by atoms with E-state index in [2.05, 4.69) is 24.8 Å². The van der Waals surface area contributed by atoms with Gasteiger partial charge in [0.1, 0.15) is 11.5 Å². The molecule has 0 saturated heterocycles. The van der Waals surface area contributed by atoms with Crippen LogP contribution in [-0.2, 0) is 12.8 Å². The summed E-state index contributed by atoms with van der Waals surface area (Å²) in [4.78, 5) is 0.